The molecule has 2 heterocycles. The van der Waals surface area contributed by atoms with Gasteiger partial charge in [0.05, 0.1) is 33.7 Å². The number of amides is 1. The number of sulfone groups is 1. The van der Waals surface area contributed by atoms with Gasteiger partial charge in [0, 0.05) is 5.56 Å². The monoisotopic (exact) mass is 454 g/mol. The highest BCUT2D eigenvalue weighted by Crippen LogP contribution is 2.33. The second-order valence-electron chi connectivity index (χ2n) is 7.33. The predicted molar refractivity (Wildman–Crippen MR) is 122 cm³/mol. The molecule has 8 heteroatoms. The molecule has 0 aliphatic carbocycles. The summed E-state index contributed by atoms with van der Waals surface area (Å²) in [6.07, 6.45) is 1.55. The first kappa shape index (κ1) is 21.3. The van der Waals surface area contributed by atoms with Gasteiger partial charge in [-0.2, -0.15) is 0 Å². The summed E-state index contributed by atoms with van der Waals surface area (Å²) in [5.41, 5.74) is 3.30. The molecule has 0 bridgehead atoms. The largest absolute Gasteiger partial charge is 0.467 e. The minimum Gasteiger partial charge on any atom is -0.467 e. The minimum absolute atomic E-state index is 0.0305. The zero-order chi connectivity index (χ0) is 22.2. The fraction of sp³-hybridized carbons (Fsp3) is 0.217. The summed E-state index contributed by atoms with van der Waals surface area (Å²) in [5, 5.41) is 0.536. The van der Waals surface area contributed by atoms with Crippen molar-refractivity contribution in [2.75, 3.05) is 10.7 Å². The number of benzene rings is 2. The molecule has 1 amide bonds. The predicted octanol–water partition coefficient (Wildman–Crippen LogP) is 5.15. The summed E-state index contributed by atoms with van der Waals surface area (Å²) < 4.78 is 31.1. The summed E-state index contributed by atoms with van der Waals surface area (Å²) in [6, 6.07) is 13.8. The second-order valence-corrected chi connectivity index (χ2v) is 10.6. The van der Waals surface area contributed by atoms with Gasteiger partial charge in [-0.3, -0.25) is 9.69 Å². The number of aromatic nitrogens is 1. The molecule has 0 saturated carbocycles. The van der Waals surface area contributed by atoms with E-state index in [-0.39, 0.29) is 28.7 Å². The molecule has 4 rings (SSSR count). The van der Waals surface area contributed by atoms with Gasteiger partial charge in [-0.05, 0) is 61.4 Å². The lowest BCUT2D eigenvalue weighted by Crippen LogP contribution is -2.30. The number of aryl methyl sites for hydroxylation is 2. The van der Waals surface area contributed by atoms with Crippen LogP contribution < -0.4 is 4.90 Å². The van der Waals surface area contributed by atoms with Crippen molar-refractivity contribution < 1.29 is 17.6 Å². The third-order valence-electron chi connectivity index (χ3n) is 5.01. The Bertz CT molecular complexity index is 1360. The van der Waals surface area contributed by atoms with Gasteiger partial charge < -0.3 is 4.42 Å². The maximum atomic E-state index is 13.5. The highest BCUT2D eigenvalue weighted by molar-refractivity contribution is 7.91. The smallest absolute Gasteiger partial charge is 0.260 e. The van der Waals surface area contributed by atoms with Crippen molar-refractivity contribution in [2.24, 2.45) is 0 Å². The van der Waals surface area contributed by atoms with E-state index < -0.39 is 9.84 Å². The van der Waals surface area contributed by atoms with Crippen molar-refractivity contribution in [2.45, 2.75) is 32.2 Å². The molecule has 6 nitrogen and oxygen atoms in total. The van der Waals surface area contributed by atoms with E-state index in [4.69, 9.17) is 9.40 Å². The Morgan fingerprint density at radius 3 is 2.65 bits per heavy atom. The Balaban J connectivity index is 1.80. The fourth-order valence-electron chi connectivity index (χ4n) is 3.40. The number of rotatable bonds is 6. The summed E-state index contributed by atoms with van der Waals surface area (Å²) in [6.45, 7) is 5.79. The first-order valence-electron chi connectivity index (χ1n) is 9.83. The lowest BCUT2D eigenvalue weighted by atomic mass is 10.1. The van der Waals surface area contributed by atoms with Crippen molar-refractivity contribution >= 4 is 42.4 Å². The van der Waals surface area contributed by atoms with Gasteiger partial charge in [0.25, 0.3) is 5.91 Å². The number of fused-ring (bicyclic) bond motifs is 1. The van der Waals surface area contributed by atoms with Gasteiger partial charge in [-0.1, -0.05) is 30.4 Å². The first-order valence-corrected chi connectivity index (χ1v) is 12.3. The fourth-order valence-corrected chi connectivity index (χ4v) is 5.47. The maximum absolute atomic E-state index is 13.5. The van der Waals surface area contributed by atoms with Crippen molar-refractivity contribution in [3.05, 3.63) is 77.2 Å². The summed E-state index contributed by atoms with van der Waals surface area (Å²) in [7, 11) is -3.43. The van der Waals surface area contributed by atoms with E-state index in [2.05, 4.69) is 6.07 Å². The molecule has 0 radical (unpaired) electrons. The molecule has 0 aliphatic rings. The van der Waals surface area contributed by atoms with Crippen LogP contribution in [-0.4, -0.2) is 25.1 Å². The van der Waals surface area contributed by atoms with Crippen molar-refractivity contribution in [3.63, 3.8) is 0 Å². The third-order valence-corrected chi connectivity index (χ3v) is 7.77. The number of anilines is 1. The first-order chi connectivity index (χ1) is 14.8. The minimum atomic E-state index is -3.43. The molecule has 4 aromatic rings. The molecule has 31 heavy (non-hydrogen) atoms. The summed E-state index contributed by atoms with van der Waals surface area (Å²) in [4.78, 5) is 19.9. The quantitative estimate of drug-likeness (QED) is 0.403. The Morgan fingerprint density at radius 1 is 1.13 bits per heavy atom. The Morgan fingerprint density at radius 2 is 1.94 bits per heavy atom. The number of hydrogen-bond donors (Lipinski definition) is 0. The van der Waals surface area contributed by atoms with Crippen LogP contribution in [0.15, 0.2) is 64.1 Å². The van der Waals surface area contributed by atoms with Crippen LogP contribution in [0.5, 0.6) is 0 Å². The number of nitrogens with zero attached hydrogens (tertiary/aromatic N) is 2. The average Bonchev–Trinajstić information content (AvgIpc) is 3.41. The SMILES string of the molecule is CCS(=O)(=O)c1cccc(C(=O)N(Cc2ccco2)c2nc3c(C)cc(C)cc3s2)c1. The molecule has 2 aromatic carbocycles. The maximum Gasteiger partial charge on any atom is 0.260 e. The molecule has 0 saturated heterocycles. The van der Waals surface area contributed by atoms with Gasteiger partial charge in [0.1, 0.15) is 5.76 Å². The van der Waals surface area contributed by atoms with Crippen LogP contribution in [0.2, 0.25) is 0 Å². The molecule has 0 spiro atoms. The summed E-state index contributed by atoms with van der Waals surface area (Å²) >= 11 is 1.43. The number of carbonyl (C=O) groups excluding carboxylic acids is 1. The summed E-state index contributed by atoms with van der Waals surface area (Å²) in [5.74, 6) is 0.243. The number of thiazole rings is 1. The van der Waals surface area contributed by atoms with Crippen molar-refractivity contribution in [1.82, 2.24) is 4.98 Å². The van der Waals surface area contributed by atoms with E-state index >= 15 is 0 Å². The number of hydrogen-bond acceptors (Lipinski definition) is 6. The van der Waals surface area contributed by atoms with Crippen LogP contribution in [-0.2, 0) is 16.4 Å². The molecule has 0 N–H and O–H groups in total. The Hall–Kier alpha value is -2.97. The number of furan rings is 1. The Labute approximate surface area is 185 Å². The number of carbonyl (C=O) groups is 1. The van der Waals surface area contributed by atoms with E-state index in [1.807, 2.05) is 19.9 Å². The molecular formula is C23H22N2O4S2. The van der Waals surface area contributed by atoms with Gasteiger partial charge in [0.15, 0.2) is 15.0 Å². The van der Waals surface area contributed by atoms with Crippen molar-refractivity contribution in [1.29, 1.82) is 0 Å². The topological polar surface area (TPSA) is 80.5 Å². The second kappa shape index (κ2) is 8.28. The molecule has 160 valence electrons. The normalized spacial score (nSPS) is 11.7. The van der Waals surface area contributed by atoms with Gasteiger partial charge in [0.2, 0.25) is 0 Å². The lowest BCUT2D eigenvalue weighted by molar-refractivity contribution is 0.0983. The standard InChI is InChI=1S/C23H22N2O4S2/c1-4-31(27,28)19-9-5-7-17(13-19)22(26)25(14-18-8-6-10-29-18)23-24-21-16(3)11-15(2)12-20(21)30-23/h5-13H,4,14H2,1-3H3. The molecule has 0 fully saturated rings. The highest BCUT2D eigenvalue weighted by Gasteiger charge is 2.24. The molecule has 2 aromatic heterocycles. The van der Waals surface area contributed by atoms with E-state index in [1.165, 1.54) is 28.4 Å². The Kier molecular flexibility index (Phi) is 5.68. The van der Waals surface area contributed by atoms with Crippen LogP contribution in [0.3, 0.4) is 0 Å². The zero-order valence-electron chi connectivity index (χ0n) is 17.5. The van der Waals surface area contributed by atoms with E-state index in [1.54, 1.807) is 37.5 Å². The average molecular weight is 455 g/mol. The molecule has 0 atom stereocenters. The molecule has 0 aliphatic heterocycles. The van der Waals surface area contributed by atoms with Crippen molar-refractivity contribution in [3.8, 4) is 0 Å². The van der Waals surface area contributed by atoms with Crippen LogP contribution in [0.25, 0.3) is 10.2 Å². The zero-order valence-corrected chi connectivity index (χ0v) is 19.1. The molecular weight excluding hydrogens is 432 g/mol. The lowest BCUT2D eigenvalue weighted by Gasteiger charge is -2.19. The van der Waals surface area contributed by atoms with E-state index in [9.17, 15) is 13.2 Å². The van der Waals surface area contributed by atoms with Gasteiger partial charge in [-0.25, -0.2) is 13.4 Å². The molecule has 0 unspecified atom stereocenters. The van der Waals surface area contributed by atoms with Gasteiger partial charge >= 0.3 is 0 Å². The van der Waals surface area contributed by atoms with Crippen LogP contribution >= 0.6 is 11.3 Å². The van der Waals surface area contributed by atoms with E-state index in [0.29, 0.717) is 10.9 Å². The van der Waals surface area contributed by atoms with E-state index in [0.717, 1.165) is 21.3 Å². The third kappa shape index (κ3) is 4.26. The van der Waals surface area contributed by atoms with Crippen LogP contribution in [0.4, 0.5) is 5.13 Å². The highest BCUT2D eigenvalue weighted by atomic mass is 32.2. The van der Waals surface area contributed by atoms with Crippen LogP contribution in [0, 0.1) is 13.8 Å². The van der Waals surface area contributed by atoms with Gasteiger partial charge in [-0.15, -0.1) is 0 Å². The van der Waals surface area contributed by atoms with Crippen LogP contribution in [0.1, 0.15) is 34.2 Å².